The fourth-order valence-electron chi connectivity index (χ4n) is 2.34. The molecule has 25 heavy (non-hydrogen) atoms. The van der Waals surface area contributed by atoms with Crippen LogP contribution in [-0.2, 0) is 0 Å². The van der Waals surface area contributed by atoms with Crippen molar-refractivity contribution < 1.29 is 10.1 Å². The zero-order valence-corrected chi connectivity index (χ0v) is 13.2. The topological polar surface area (TPSA) is 79.0 Å². The third kappa shape index (κ3) is 3.70. The number of nitro benzene ring substituents is 1. The summed E-state index contributed by atoms with van der Waals surface area (Å²) in [5.74, 6) is 0.195. The SMILES string of the molecule is O=[N+]([O-])c1ccccc1N=C(c1ccccc1)N(O)c1ccccc1. The average molecular weight is 333 g/mol. The summed E-state index contributed by atoms with van der Waals surface area (Å²) in [7, 11) is 0. The quantitative estimate of drug-likeness (QED) is 0.328. The van der Waals surface area contributed by atoms with E-state index < -0.39 is 4.92 Å². The summed E-state index contributed by atoms with van der Waals surface area (Å²) in [6.45, 7) is 0. The van der Waals surface area contributed by atoms with Gasteiger partial charge < -0.3 is 0 Å². The minimum atomic E-state index is -0.494. The Morgan fingerprint density at radius 2 is 1.44 bits per heavy atom. The number of hydrogen-bond acceptors (Lipinski definition) is 4. The van der Waals surface area contributed by atoms with Crippen molar-refractivity contribution in [2.24, 2.45) is 4.99 Å². The molecule has 0 spiro atoms. The highest BCUT2D eigenvalue weighted by Gasteiger charge is 2.17. The molecule has 3 rings (SSSR count). The van der Waals surface area contributed by atoms with Gasteiger partial charge in [-0.3, -0.25) is 15.3 Å². The molecule has 3 aromatic carbocycles. The van der Waals surface area contributed by atoms with Crippen molar-refractivity contribution in [1.82, 2.24) is 0 Å². The highest BCUT2D eigenvalue weighted by molar-refractivity contribution is 6.09. The van der Waals surface area contributed by atoms with Crippen LogP contribution in [0.5, 0.6) is 0 Å². The van der Waals surface area contributed by atoms with Gasteiger partial charge in [0.15, 0.2) is 5.84 Å². The Morgan fingerprint density at radius 3 is 2.08 bits per heavy atom. The van der Waals surface area contributed by atoms with E-state index in [-0.39, 0.29) is 17.2 Å². The Bertz CT molecular complexity index is 896. The summed E-state index contributed by atoms with van der Waals surface area (Å²) in [5, 5.41) is 22.8. The monoisotopic (exact) mass is 333 g/mol. The van der Waals surface area contributed by atoms with E-state index in [0.29, 0.717) is 11.3 Å². The molecule has 0 radical (unpaired) electrons. The minimum absolute atomic E-state index is 0.127. The number of anilines is 1. The first-order valence-corrected chi connectivity index (χ1v) is 7.58. The van der Waals surface area contributed by atoms with Gasteiger partial charge in [0.2, 0.25) is 0 Å². The van der Waals surface area contributed by atoms with E-state index in [0.717, 1.165) is 5.06 Å². The van der Waals surface area contributed by atoms with E-state index in [9.17, 15) is 15.3 Å². The van der Waals surface area contributed by atoms with Gasteiger partial charge in [-0.1, -0.05) is 60.7 Å². The van der Waals surface area contributed by atoms with Gasteiger partial charge in [0.1, 0.15) is 5.69 Å². The first kappa shape index (κ1) is 16.4. The van der Waals surface area contributed by atoms with E-state index in [2.05, 4.69) is 4.99 Å². The van der Waals surface area contributed by atoms with Crippen molar-refractivity contribution in [2.45, 2.75) is 0 Å². The number of nitrogens with zero attached hydrogens (tertiary/aromatic N) is 3. The highest BCUT2D eigenvalue weighted by Crippen LogP contribution is 2.28. The maximum atomic E-state index is 11.2. The van der Waals surface area contributed by atoms with E-state index >= 15 is 0 Å². The molecule has 0 atom stereocenters. The fourth-order valence-corrected chi connectivity index (χ4v) is 2.34. The predicted molar refractivity (Wildman–Crippen MR) is 96.4 cm³/mol. The van der Waals surface area contributed by atoms with Gasteiger partial charge in [0, 0.05) is 11.6 Å². The zero-order chi connectivity index (χ0) is 17.6. The standard InChI is InChI=1S/C19H15N3O3/c23-21(16-11-5-2-6-12-16)19(15-9-3-1-4-10-15)20-17-13-7-8-14-18(17)22(24)25/h1-14,23H. The van der Waals surface area contributed by atoms with Crippen LogP contribution in [0.25, 0.3) is 0 Å². The lowest BCUT2D eigenvalue weighted by Gasteiger charge is -2.19. The molecule has 0 unspecified atom stereocenters. The Labute approximate surface area is 144 Å². The Hall–Kier alpha value is -3.51. The van der Waals surface area contributed by atoms with Crippen molar-refractivity contribution >= 4 is 22.9 Å². The lowest BCUT2D eigenvalue weighted by Crippen LogP contribution is -2.27. The number of hydroxylamine groups is 1. The number of rotatable bonds is 4. The molecule has 0 aromatic heterocycles. The second kappa shape index (κ2) is 7.37. The third-order valence-corrected chi connectivity index (χ3v) is 3.54. The molecule has 6 nitrogen and oxygen atoms in total. The van der Waals surface area contributed by atoms with Gasteiger partial charge in [-0.05, 0) is 18.2 Å². The van der Waals surface area contributed by atoms with Crippen LogP contribution >= 0.6 is 0 Å². The summed E-state index contributed by atoms with van der Waals surface area (Å²) in [6, 6.07) is 24.0. The summed E-state index contributed by atoms with van der Waals surface area (Å²) in [6.07, 6.45) is 0. The first-order chi connectivity index (χ1) is 12.2. The molecular weight excluding hydrogens is 318 g/mol. The number of benzene rings is 3. The molecule has 1 N–H and O–H groups in total. The molecule has 0 amide bonds. The van der Waals surface area contributed by atoms with Crippen LogP contribution in [-0.4, -0.2) is 16.0 Å². The van der Waals surface area contributed by atoms with E-state index in [1.54, 1.807) is 54.6 Å². The third-order valence-electron chi connectivity index (χ3n) is 3.54. The van der Waals surface area contributed by atoms with E-state index in [1.807, 2.05) is 24.3 Å². The van der Waals surface area contributed by atoms with Crippen molar-refractivity contribution in [1.29, 1.82) is 0 Å². The maximum Gasteiger partial charge on any atom is 0.294 e. The molecule has 0 fully saturated rings. The lowest BCUT2D eigenvalue weighted by molar-refractivity contribution is -0.384. The second-order valence-electron chi connectivity index (χ2n) is 5.19. The maximum absolute atomic E-state index is 11.2. The van der Waals surface area contributed by atoms with Crippen molar-refractivity contribution in [3.8, 4) is 0 Å². The second-order valence-corrected chi connectivity index (χ2v) is 5.19. The van der Waals surface area contributed by atoms with Gasteiger partial charge in [0.25, 0.3) is 5.69 Å². The molecule has 124 valence electrons. The molecule has 0 saturated heterocycles. The average Bonchev–Trinajstić information content (AvgIpc) is 2.67. The van der Waals surface area contributed by atoms with Gasteiger partial charge in [-0.15, -0.1) is 0 Å². The summed E-state index contributed by atoms with van der Waals surface area (Å²) < 4.78 is 0. The Balaban J connectivity index is 2.14. The molecule has 0 bridgehead atoms. The smallest absolute Gasteiger partial charge is 0.282 e. The Kier molecular flexibility index (Phi) is 4.82. The Morgan fingerprint density at radius 1 is 0.880 bits per heavy atom. The first-order valence-electron chi connectivity index (χ1n) is 7.58. The molecular formula is C19H15N3O3. The molecule has 6 heteroatoms. The molecule has 0 aliphatic heterocycles. The van der Waals surface area contributed by atoms with Crippen LogP contribution in [0.15, 0.2) is 89.9 Å². The highest BCUT2D eigenvalue weighted by atomic mass is 16.6. The van der Waals surface area contributed by atoms with Crippen LogP contribution in [0, 0.1) is 10.1 Å². The van der Waals surface area contributed by atoms with Crippen molar-refractivity contribution in [3.05, 3.63) is 101 Å². The number of hydrogen-bond donors (Lipinski definition) is 1. The number of nitro groups is 1. The fraction of sp³-hybridized carbons (Fsp3) is 0. The summed E-state index contributed by atoms with van der Waals surface area (Å²) in [4.78, 5) is 15.1. The van der Waals surface area contributed by atoms with Gasteiger partial charge >= 0.3 is 0 Å². The minimum Gasteiger partial charge on any atom is -0.282 e. The predicted octanol–water partition coefficient (Wildman–Crippen LogP) is 4.57. The molecule has 0 heterocycles. The van der Waals surface area contributed by atoms with E-state index in [4.69, 9.17) is 0 Å². The van der Waals surface area contributed by atoms with Crippen LogP contribution in [0.1, 0.15) is 5.56 Å². The summed E-state index contributed by atoms with van der Waals surface area (Å²) >= 11 is 0. The lowest BCUT2D eigenvalue weighted by atomic mass is 10.2. The van der Waals surface area contributed by atoms with Gasteiger partial charge in [0.05, 0.1) is 10.6 Å². The van der Waals surface area contributed by atoms with Gasteiger partial charge in [-0.25, -0.2) is 10.1 Å². The molecule has 3 aromatic rings. The van der Waals surface area contributed by atoms with E-state index in [1.165, 1.54) is 6.07 Å². The van der Waals surface area contributed by atoms with Crippen molar-refractivity contribution in [3.63, 3.8) is 0 Å². The normalized spacial score (nSPS) is 11.2. The largest absolute Gasteiger partial charge is 0.294 e. The van der Waals surface area contributed by atoms with Crippen LogP contribution in [0.2, 0.25) is 0 Å². The number of aliphatic imine (C=N–C) groups is 1. The van der Waals surface area contributed by atoms with Crippen LogP contribution in [0.4, 0.5) is 17.1 Å². The molecule has 0 aliphatic carbocycles. The van der Waals surface area contributed by atoms with Crippen LogP contribution in [0.3, 0.4) is 0 Å². The molecule has 0 saturated carbocycles. The summed E-state index contributed by atoms with van der Waals surface area (Å²) in [5.41, 5.74) is 1.18. The number of amidine groups is 1. The van der Waals surface area contributed by atoms with Crippen LogP contribution < -0.4 is 5.06 Å². The van der Waals surface area contributed by atoms with Crippen molar-refractivity contribution in [2.75, 3.05) is 5.06 Å². The van der Waals surface area contributed by atoms with Gasteiger partial charge in [-0.2, -0.15) is 0 Å². The zero-order valence-electron chi connectivity index (χ0n) is 13.2. The molecule has 0 aliphatic rings. The number of para-hydroxylation sites is 3.